The Kier molecular flexibility index (Phi) is 2.47. The molecule has 0 bridgehead atoms. The highest BCUT2D eigenvalue weighted by Crippen LogP contribution is 2.28. The van der Waals surface area contributed by atoms with Gasteiger partial charge in [-0.15, -0.1) is 0 Å². The van der Waals surface area contributed by atoms with Crippen LogP contribution in [0.1, 0.15) is 0 Å². The van der Waals surface area contributed by atoms with Gasteiger partial charge in [0.15, 0.2) is 5.75 Å². The highest BCUT2D eigenvalue weighted by Gasteiger charge is 2.40. The molecule has 6 heteroatoms. The molecular weight excluding hydrogens is 202 g/mol. The molecule has 0 spiro atoms. The number of nitrogens with zero attached hydrogens (tertiary/aromatic N) is 2. The van der Waals surface area contributed by atoms with Crippen LogP contribution in [-0.2, 0) is 10.0 Å². The van der Waals surface area contributed by atoms with E-state index in [1.165, 1.54) is 4.31 Å². The van der Waals surface area contributed by atoms with Gasteiger partial charge in [-0.2, -0.15) is 5.26 Å². The Morgan fingerprint density at radius 3 is 2.43 bits per heavy atom. The van der Waals surface area contributed by atoms with Crippen molar-refractivity contribution in [1.82, 2.24) is 9.62 Å². The summed E-state index contributed by atoms with van der Waals surface area (Å²) < 4.78 is 24.6. The van der Waals surface area contributed by atoms with Gasteiger partial charge in [0.1, 0.15) is 0 Å². The van der Waals surface area contributed by atoms with Gasteiger partial charge in [0.05, 0.1) is 6.07 Å². The van der Waals surface area contributed by atoms with Crippen LogP contribution in [0.25, 0.3) is 0 Å². The van der Waals surface area contributed by atoms with Crippen molar-refractivity contribution in [1.29, 1.82) is 5.26 Å². The van der Waals surface area contributed by atoms with Gasteiger partial charge < -0.3 is 5.32 Å². The summed E-state index contributed by atoms with van der Waals surface area (Å²) in [6.07, 6.45) is 0. The third-order valence-electron chi connectivity index (χ3n) is 3.00. The van der Waals surface area contributed by atoms with Crippen molar-refractivity contribution in [3.8, 4) is 6.07 Å². The number of fused-ring (bicyclic) bond motifs is 1. The summed E-state index contributed by atoms with van der Waals surface area (Å²) >= 11 is 0. The van der Waals surface area contributed by atoms with Gasteiger partial charge in [0.25, 0.3) is 0 Å². The van der Waals surface area contributed by atoms with E-state index in [9.17, 15) is 8.42 Å². The van der Waals surface area contributed by atoms with Crippen molar-refractivity contribution in [3.05, 3.63) is 0 Å². The molecule has 2 saturated heterocycles. The normalized spacial score (nSPS) is 32.8. The third kappa shape index (κ3) is 1.63. The van der Waals surface area contributed by atoms with Crippen LogP contribution in [0.15, 0.2) is 0 Å². The van der Waals surface area contributed by atoms with Gasteiger partial charge in [0, 0.05) is 13.1 Å². The first-order chi connectivity index (χ1) is 6.63. The predicted octanol–water partition coefficient (Wildman–Crippen LogP) is -1.01. The second-order valence-corrected chi connectivity index (χ2v) is 5.88. The molecular formula is C8H13N3O2S. The smallest absolute Gasteiger partial charge is 0.227 e. The molecule has 2 fully saturated rings. The molecule has 14 heavy (non-hydrogen) atoms. The number of sulfonamides is 1. The molecule has 2 aliphatic rings. The van der Waals surface area contributed by atoms with Crippen LogP contribution in [0, 0.1) is 23.2 Å². The molecule has 78 valence electrons. The summed E-state index contributed by atoms with van der Waals surface area (Å²) in [5, 5.41) is 11.6. The van der Waals surface area contributed by atoms with E-state index in [0.717, 1.165) is 13.1 Å². The van der Waals surface area contributed by atoms with E-state index in [2.05, 4.69) is 5.32 Å². The first-order valence-corrected chi connectivity index (χ1v) is 6.30. The number of hydrogen-bond donors (Lipinski definition) is 1. The SMILES string of the molecule is N#CCS(=O)(=O)N1C[C@H]2CNC[C@H]2C1. The Labute approximate surface area is 83.7 Å². The van der Waals surface area contributed by atoms with Crippen LogP contribution >= 0.6 is 0 Å². The fourth-order valence-electron chi connectivity index (χ4n) is 2.21. The lowest BCUT2D eigenvalue weighted by Crippen LogP contribution is -2.33. The first-order valence-electron chi connectivity index (χ1n) is 4.69. The molecule has 2 rings (SSSR count). The van der Waals surface area contributed by atoms with Crippen molar-refractivity contribution >= 4 is 10.0 Å². The fourth-order valence-corrected chi connectivity index (χ4v) is 3.40. The number of rotatable bonds is 2. The molecule has 5 nitrogen and oxygen atoms in total. The minimum atomic E-state index is -3.31. The second-order valence-electron chi connectivity index (χ2n) is 3.91. The summed E-state index contributed by atoms with van der Waals surface area (Å²) in [5.41, 5.74) is 0. The summed E-state index contributed by atoms with van der Waals surface area (Å²) in [4.78, 5) is 0. The van der Waals surface area contributed by atoms with E-state index in [-0.39, 0.29) is 5.75 Å². The van der Waals surface area contributed by atoms with Gasteiger partial charge in [-0.3, -0.25) is 0 Å². The Hall–Kier alpha value is -0.640. The lowest BCUT2D eigenvalue weighted by Gasteiger charge is -2.14. The average molecular weight is 215 g/mol. The van der Waals surface area contributed by atoms with Crippen LogP contribution < -0.4 is 5.32 Å². The van der Waals surface area contributed by atoms with E-state index < -0.39 is 10.0 Å². The third-order valence-corrected chi connectivity index (χ3v) is 4.58. The Morgan fingerprint density at radius 1 is 1.36 bits per heavy atom. The fraction of sp³-hybridized carbons (Fsp3) is 0.875. The maximum Gasteiger partial charge on any atom is 0.227 e. The molecule has 1 N–H and O–H groups in total. The number of nitrogens with one attached hydrogen (secondary N) is 1. The topological polar surface area (TPSA) is 73.2 Å². The van der Waals surface area contributed by atoms with E-state index in [1.54, 1.807) is 6.07 Å². The minimum absolute atomic E-state index is 0.389. The summed E-state index contributed by atoms with van der Waals surface area (Å²) in [6, 6.07) is 1.71. The van der Waals surface area contributed by atoms with Crippen molar-refractivity contribution in [3.63, 3.8) is 0 Å². The van der Waals surface area contributed by atoms with Gasteiger partial charge in [-0.05, 0) is 24.9 Å². The summed E-state index contributed by atoms with van der Waals surface area (Å²) in [6.45, 7) is 2.98. The Balaban J connectivity index is 2.06. The zero-order valence-electron chi connectivity index (χ0n) is 7.81. The van der Waals surface area contributed by atoms with Crippen molar-refractivity contribution < 1.29 is 8.42 Å². The quantitative estimate of drug-likeness (QED) is 0.640. The van der Waals surface area contributed by atoms with Crippen LogP contribution in [0.2, 0.25) is 0 Å². The molecule has 0 aromatic carbocycles. The van der Waals surface area contributed by atoms with Crippen LogP contribution in [0.5, 0.6) is 0 Å². The monoisotopic (exact) mass is 215 g/mol. The molecule has 2 atom stereocenters. The molecule has 0 aliphatic carbocycles. The van der Waals surface area contributed by atoms with Gasteiger partial charge >= 0.3 is 0 Å². The maximum atomic E-state index is 11.5. The highest BCUT2D eigenvalue weighted by molar-refractivity contribution is 7.89. The maximum absolute atomic E-state index is 11.5. The first kappa shape index (κ1) is 9.90. The molecule has 2 aliphatic heterocycles. The molecule has 0 unspecified atom stereocenters. The van der Waals surface area contributed by atoms with Crippen molar-refractivity contribution in [2.75, 3.05) is 31.9 Å². The second kappa shape index (κ2) is 3.50. The van der Waals surface area contributed by atoms with Gasteiger partial charge in [-0.1, -0.05) is 0 Å². The van der Waals surface area contributed by atoms with E-state index in [4.69, 9.17) is 5.26 Å². The zero-order valence-corrected chi connectivity index (χ0v) is 8.63. The van der Waals surface area contributed by atoms with Crippen molar-refractivity contribution in [2.24, 2.45) is 11.8 Å². The number of nitriles is 1. The number of hydrogen-bond acceptors (Lipinski definition) is 4. The molecule has 0 aromatic rings. The van der Waals surface area contributed by atoms with E-state index in [0.29, 0.717) is 24.9 Å². The summed E-state index contributed by atoms with van der Waals surface area (Å²) in [5.74, 6) is 0.506. The largest absolute Gasteiger partial charge is 0.316 e. The lowest BCUT2D eigenvalue weighted by atomic mass is 10.0. The van der Waals surface area contributed by atoms with Crippen LogP contribution in [0.3, 0.4) is 0 Å². The zero-order chi connectivity index (χ0) is 10.2. The van der Waals surface area contributed by atoms with Gasteiger partial charge in [-0.25, -0.2) is 12.7 Å². The van der Waals surface area contributed by atoms with Crippen LogP contribution in [-0.4, -0.2) is 44.7 Å². The molecule has 0 radical (unpaired) electrons. The predicted molar refractivity (Wildman–Crippen MR) is 50.8 cm³/mol. The average Bonchev–Trinajstić information content (AvgIpc) is 2.60. The Morgan fingerprint density at radius 2 is 1.93 bits per heavy atom. The Bertz CT molecular complexity index is 347. The molecule has 0 saturated carbocycles. The van der Waals surface area contributed by atoms with E-state index in [1.807, 2.05) is 0 Å². The molecule has 0 aromatic heterocycles. The molecule has 0 amide bonds. The van der Waals surface area contributed by atoms with Gasteiger partial charge in [0.2, 0.25) is 10.0 Å². The molecule has 2 heterocycles. The minimum Gasteiger partial charge on any atom is -0.316 e. The van der Waals surface area contributed by atoms with Crippen LogP contribution in [0.4, 0.5) is 0 Å². The standard InChI is InChI=1S/C8H13N3O2S/c9-1-2-14(12,13)11-5-7-3-10-4-8(7)6-11/h7-8,10H,2-6H2/t7-,8+. The van der Waals surface area contributed by atoms with E-state index >= 15 is 0 Å². The highest BCUT2D eigenvalue weighted by atomic mass is 32.2. The lowest BCUT2D eigenvalue weighted by molar-refractivity contribution is 0.450. The van der Waals surface area contributed by atoms with Crippen molar-refractivity contribution in [2.45, 2.75) is 0 Å². The summed E-state index contributed by atoms with van der Waals surface area (Å²) in [7, 11) is -3.31.